The minimum atomic E-state index is -4.98. The highest BCUT2D eigenvalue weighted by Gasteiger charge is 2.30. The molecule has 16 nitrogen and oxygen atoms in total. The lowest BCUT2D eigenvalue weighted by Crippen LogP contribution is -2.30. The number of hydrogen-bond donors (Lipinski definition) is 6. The SMILES string of the molecule is Nc1ncnc2c1ncn2-c1oc(COP(=O)(O)OC(=O)CC[C@H](N)C(=O)O)c(O)c1O. The maximum Gasteiger partial charge on any atom is 0.530 e. The molecule has 3 heterocycles. The van der Waals surface area contributed by atoms with Crippen molar-refractivity contribution in [2.24, 2.45) is 5.73 Å². The van der Waals surface area contributed by atoms with E-state index in [9.17, 15) is 29.3 Å². The van der Waals surface area contributed by atoms with E-state index in [1.54, 1.807) is 0 Å². The lowest BCUT2D eigenvalue weighted by Gasteiger charge is -2.11. The average Bonchev–Trinajstić information content (AvgIpc) is 3.27. The number of phosphoric acid groups is 1. The Morgan fingerprint density at radius 3 is 2.66 bits per heavy atom. The molecule has 3 rings (SSSR count). The van der Waals surface area contributed by atoms with Crippen LogP contribution >= 0.6 is 7.82 Å². The predicted molar refractivity (Wildman–Crippen MR) is 102 cm³/mol. The number of carboxylic acids is 1. The molecule has 0 aliphatic heterocycles. The third kappa shape index (κ3) is 4.78. The quantitative estimate of drug-likeness (QED) is 0.219. The number of fused-ring (bicyclic) bond motifs is 1. The fourth-order valence-corrected chi connectivity index (χ4v) is 3.13. The van der Waals surface area contributed by atoms with Crippen LogP contribution in [0.3, 0.4) is 0 Å². The molecule has 0 amide bonds. The molecule has 32 heavy (non-hydrogen) atoms. The first-order valence-electron chi connectivity index (χ1n) is 8.65. The molecule has 0 saturated carbocycles. The topological polar surface area (TPSA) is 259 Å². The summed E-state index contributed by atoms with van der Waals surface area (Å²) in [6.45, 7) is -0.890. The van der Waals surface area contributed by atoms with Crippen molar-refractivity contribution in [3.63, 3.8) is 0 Å². The van der Waals surface area contributed by atoms with Gasteiger partial charge in [-0.05, 0) is 6.42 Å². The number of aliphatic carboxylic acids is 1. The first kappa shape index (κ1) is 23.0. The van der Waals surface area contributed by atoms with Gasteiger partial charge in [-0.2, -0.15) is 0 Å². The molecule has 0 saturated heterocycles. The number of carbonyl (C=O) groups excluding carboxylic acids is 1. The van der Waals surface area contributed by atoms with E-state index >= 15 is 0 Å². The summed E-state index contributed by atoms with van der Waals surface area (Å²) in [7, 11) is -4.98. The molecule has 0 aliphatic carbocycles. The molecule has 3 aromatic heterocycles. The van der Waals surface area contributed by atoms with Crippen LogP contribution < -0.4 is 11.5 Å². The number of phosphoric ester groups is 1. The van der Waals surface area contributed by atoms with Crippen LogP contribution in [0.15, 0.2) is 17.1 Å². The van der Waals surface area contributed by atoms with E-state index in [1.165, 1.54) is 6.33 Å². The molecule has 0 aromatic carbocycles. The number of aromatic nitrogens is 4. The molecule has 1 unspecified atom stereocenters. The number of carboxylic acid groups (broad SMARTS) is 1. The molecular formula is C15H17N6O10P. The molecule has 0 aliphatic rings. The Bertz CT molecular complexity index is 1220. The van der Waals surface area contributed by atoms with Crippen molar-refractivity contribution in [1.29, 1.82) is 0 Å². The summed E-state index contributed by atoms with van der Waals surface area (Å²) in [5, 5.41) is 28.9. The minimum Gasteiger partial charge on any atom is -0.502 e. The van der Waals surface area contributed by atoms with E-state index in [4.69, 9.17) is 21.0 Å². The van der Waals surface area contributed by atoms with Crippen molar-refractivity contribution in [2.45, 2.75) is 25.5 Å². The van der Waals surface area contributed by atoms with Gasteiger partial charge in [0.25, 0.3) is 5.88 Å². The number of nitrogens with two attached hydrogens (primary N) is 2. The summed E-state index contributed by atoms with van der Waals surface area (Å²) >= 11 is 0. The van der Waals surface area contributed by atoms with Crippen LogP contribution in [0.4, 0.5) is 5.82 Å². The van der Waals surface area contributed by atoms with Gasteiger partial charge in [0.05, 0.1) is 0 Å². The van der Waals surface area contributed by atoms with Crippen molar-refractivity contribution in [1.82, 2.24) is 19.5 Å². The highest BCUT2D eigenvalue weighted by Crippen LogP contribution is 2.47. The molecule has 172 valence electrons. The maximum absolute atomic E-state index is 11.9. The fourth-order valence-electron chi connectivity index (χ4n) is 2.45. The highest BCUT2D eigenvalue weighted by molar-refractivity contribution is 7.48. The summed E-state index contributed by atoms with van der Waals surface area (Å²) < 4.78 is 27.2. The molecule has 0 spiro atoms. The van der Waals surface area contributed by atoms with Gasteiger partial charge >= 0.3 is 19.8 Å². The van der Waals surface area contributed by atoms with Crippen molar-refractivity contribution in [2.75, 3.05) is 5.73 Å². The molecule has 0 bridgehead atoms. The van der Waals surface area contributed by atoms with Crippen LogP contribution in [0.5, 0.6) is 11.5 Å². The summed E-state index contributed by atoms with van der Waals surface area (Å²) in [5.41, 5.74) is 11.2. The Kier molecular flexibility index (Phi) is 6.31. The van der Waals surface area contributed by atoms with Crippen LogP contribution in [-0.4, -0.2) is 57.7 Å². The molecular weight excluding hydrogens is 455 g/mol. The number of nitrogen functional groups attached to an aromatic ring is 1. The second-order valence-electron chi connectivity index (χ2n) is 6.26. The Hall–Kier alpha value is -3.72. The van der Waals surface area contributed by atoms with E-state index in [2.05, 4.69) is 24.0 Å². The van der Waals surface area contributed by atoms with Crippen molar-refractivity contribution in [3.8, 4) is 17.4 Å². The molecule has 0 radical (unpaired) electrons. The number of carbonyl (C=O) groups is 2. The van der Waals surface area contributed by atoms with Gasteiger partial charge in [-0.3, -0.25) is 19.0 Å². The molecule has 8 N–H and O–H groups in total. The van der Waals surface area contributed by atoms with Crippen LogP contribution in [0, 0.1) is 0 Å². The lowest BCUT2D eigenvalue weighted by molar-refractivity contribution is -0.139. The van der Waals surface area contributed by atoms with E-state index in [1.807, 2.05) is 0 Å². The predicted octanol–water partition coefficient (Wildman–Crippen LogP) is -0.246. The van der Waals surface area contributed by atoms with E-state index in [-0.39, 0.29) is 29.3 Å². The van der Waals surface area contributed by atoms with Crippen LogP contribution in [0.25, 0.3) is 17.0 Å². The standard InChI is InChI=1S/C15H17N6O10P/c16-6(15(25)26)1-2-8(22)31-32(27,28)29-3-7-10(23)11(24)14(30-7)21-5-20-9-12(17)18-4-19-13(9)21/h4-6,23-24H,1-3,16H2,(H,25,26)(H,27,28)(H2,17,18,19)/t6-/m0/s1. The zero-order valence-electron chi connectivity index (χ0n) is 16.0. The van der Waals surface area contributed by atoms with Gasteiger partial charge < -0.3 is 35.7 Å². The first-order chi connectivity index (χ1) is 15.0. The molecule has 0 fully saturated rings. The van der Waals surface area contributed by atoms with Gasteiger partial charge in [-0.1, -0.05) is 0 Å². The van der Waals surface area contributed by atoms with Crippen LogP contribution in [-0.2, 0) is 29.8 Å². The second-order valence-corrected chi connectivity index (χ2v) is 7.64. The van der Waals surface area contributed by atoms with E-state index in [0.29, 0.717) is 0 Å². The van der Waals surface area contributed by atoms with Gasteiger partial charge in [-0.15, -0.1) is 0 Å². The van der Waals surface area contributed by atoms with Crippen molar-refractivity contribution in [3.05, 3.63) is 18.4 Å². The number of rotatable bonds is 9. The Labute approximate surface area is 177 Å². The minimum absolute atomic E-state index is 0.0555. The third-order valence-corrected chi connectivity index (χ3v) is 4.93. The monoisotopic (exact) mass is 472 g/mol. The van der Waals surface area contributed by atoms with E-state index < -0.39 is 56.1 Å². The third-order valence-electron chi connectivity index (χ3n) is 4.04. The van der Waals surface area contributed by atoms with Crippen LogP contribution in [0.1, 0.15) is 18.6 Å². The Morgan fingerprint density at radius 2 is 1.97 bits per heavy atom. The molecule has 2 atom stereocenters. The largest absolute Gasteiger partial charge is 0.530 e. The Morgan fingerprint density at radius 1 is 1.25 bits per heavy atom. The smallest absolute Gasteiger partial charge is 0.502 e. The second kappa shape index (κ2) is 8.80. The summed E-state index contributed by atoms with van der Waals surface area (Å²) in [4.78, 5) is 43.6. The normalized spacial score (nSPS) is 14.2. The highest BCUT2D eigenvalue weighted by atomic mass is 31.2. The van der Waals surface area contributed by atoms with Crippen LogP contribution in [0.2, 0.25) is 0 Å². The first-order valence-corrected chi connectivity index (χ1v) is 10.2. The summed E-state index contributed by atoms with van der Waals surface area (Å²) in [5.74, 6) is -4.95. The zero-order valence-corrected chi connectivity index (χ0v) is 16.9. The van der Waals surface area contributed by atoms with Gasteiger partial charge in [0, 0.05) is 6.42 Å². The zero-order chi connectivity index (χ0) is 23.6. The van der Waals surface area contributed by atoms with E-state index in [0.717, 1.165) is 10.9 Å². The number of furan rings is 1. The number of imidazole rings is 1. The Balaban J connectivity index is 1.71. The molecule has 3 aromatic rings. The number of nitrogens with zero attached hydrogens (tertiary/aromatic N) is 4. The summed E-state index contributed by atoms with van der Waals surface area (Å²) in [6, 6.07) is -1.36. The fraction of sp³-hybridized carbons (Fsp3) is 0.267. The van der Waals surface area contributed by atoms with Gasteiger partial charge in [-0.25, -0.2) is 24.1 Å². The number of aromatic hydroxyl groups is 2. The van der Waals surface area contributed by atoms with Crippen molar-refractivity contribution >= 4 is 36.7 Å². The lowest BCUT2D eigenvalue weighted by atomic mass is 10.2. The maximum atomic E-state index is 11.9. The number of anilines is 1. The van der Waals surface area contributed by atoms with Gasteiger partial charge in [0.1, 0.15) is 25.3 Å². The average molecular weight is 472 g/mol. The number of hydrogen-bond acceptors (Lipinski definition) is 13. The van der Waals surface area contributed by atoms with Gasteiger partial charge in [0.2, 0.25) is 11.5 Å². The van der Waals surface area contributed by atoms with Crippen molar-refractivity contribution < 1.29 is 47.8 Å². The van der Waals surface area contributed by atoms with Gasteiger partial charge in [0.15, 0.2) is 22.7 Å². The summed E-state index contributed by atoms with van der Waals surface area (Å²) in [6.07, 6.45) is 1.42. The molecule has 17 heteroatoms.